The first kappa shape index (κ1) is 17.6. The Hall–Kier alpha value is -3.80. The molecule has 4 rings (SSSR count). The molecule has 0 spiro atoms. The summed E-state index contributed by atoms with van der Waals surface area (Å²) in [6.45, 7) is 0. The van der Waals surface area contributed by atoms with Crippen LogP contribution in [0.5, 0.6) is 11.5 Å². The molecule has 140 valence electrons. The molecule has 2 heterocycles. The van der Waals surface area contributed by atoms with E-state index in [-0.39, 0.29) is 5.91 Å². The van der Waals surface area contributed by atoms with E-state index < -0.39 is 0 Å². The summed E-state index contributed by atoms with van der Waals surface area (Å²) in [5, 5.41) is 2.97. The van der Waals surface area contributed by atoms with Crippen LogP contribution in [0.1, 0.15) is 10.4 Å². The molecule has 6 nitrogen and oxygen atoms in total. The fourth-order valence-corrected chi connectivity index (χ4v) is 3.14. The Kier molecular flexibility index (Phi) is 4.68. The van der Waals surface area contributed by atoms with Crippen molar-refractivity contribution in [2.24, 2.45) is 0 Å². The van der Waals surface area contributed by atoms with Gasteiger partial charge in [-0.15, -0.1) is 0 Å². The number of rotatable bonds is 5. The standard InChI is InChI=1S/C22H19N3O3/c1-27-19-11-7-9-16(21(19)28-2)22(26)24-17-10-4-3-8-15(17)18-14-25-13-6-5-12-20(25)23-18/h3-14H,1-2H3,(H,24,26). The molecule has 0 aliphatic heterocycles. The molecule has 28 heavy (non-hydrogen) atoms. The van der Waals surface area contributed by atoms with Crippen LogP contribution in [0.4, 0.5) is 5.69 Å². The maximum absolute atomic E-state index is 12.9. The molecule has 0 fully saturated rings. The fourth-order valence-electron chi connectivity index (χ4n) is 3.14. The van der Waals surface area contributed by atoms with E-state index in [1.165, 1.54) is 14.2 Å². The molecule has 1 amide bonds. The van der Waals surface area contributed by atoms with Gasteiger partial charge in [-0.1, -0.05) is 30.3 Å². The van der Waals surface area contributed by atoms with Crippen LogP contribution in [-0.2, 0) is 0 Å². The largest absolute Gasteiger partial charge is 0.493 e. The van der Waals surface area contributed by atoms with Gasteiger partial charge in [-0.05, 0) is 30.3 Å². The molecule has 0 saturated carbocycles. The van der Waals surface area contributed by atoms with Gasteiger partial charge in [0.05, 0.1) is 31.2 Å². The predicted octanol–water partition coefficient (Wildman–Crippen LogP) is 4.27. The number of aromatic nitrogens is 2. The van der Waals surface area contributed by atoms with Gasteiger partial charge in [0.1, 0.15) is 5.65 Å². The lowest BCUT2D eigenvalue weighted by Gasteiger charge is -2.14. The molecule has 0 aliphatic carbocycles. The van der Waals surface area contributed by atoms with Gasteiger partial charge in [-0.3, -0.25) is 4.79 Å². The van der Waals surface area contributed by atoms with Crippen molar-refractivity contribution in [3.8, 4) is 22.8 Å². The van der Waals surface area contributed by atoms with Gasteiger partial charge in [0.2, 0.25) is 0 Å². The zero-order valence-electron chi connectivity index (χ0n) is 15.5. The number of anilines is 1. The third kappa shape index (κ3) is 3.16. The Morgan fingerprint density at radius 2 is 1.79 bits per heavy atom. The lowest BCUT2D eigenvalue weighted by Crippen LogP contribution is -2.14. The predicted molar refractivity (Wildman–Crippen MR) is 108 cm³/mol. The van der Waals surface area contributed by atoms with E-state index in [0.717, 1.165) is 16.9 Å². The van der Waals surface area contributed by atoms with Crippen molar-refractivity contribution in [3.05, 3.63) is 78.6 Å². The van der Waals surface area contributed by atoms with Crippen molar-refractivity contribution in [1.29, 1.82) is 0 Å². The molecule has 1 N–H and O–H groups in total. The number of fused-ring (bicyclic) bond motifs is 1. The molecule has 2 aromatic carbocycles. The summed E-state index contributed by atoms with van der Waals surface area (Å²) in [4.78, 5) is 17.6. The highest BCUT2D eigenvalue weighted by atomic mass is 16.5. The topological polar surface area (TPSA) is 64.9 Å². The Morgan fingerprint density at radius 1 is 0.964 bits per heavy atom. The summed E-state index contributed by atoms with van der Waals surface area (Å²) in [5.74, 6) is 0.614. The van der Waals surface area contributed by atoms with Crippen LogP contribution in [0, 0.1) is 0 Å². The molecule has 0 atom stereocenters. The van der Waals surface area contributed by atoms with Crippen LogP contribution >= 0.6 is 0 Å². The van der Waals surface area contributed by atoms with E-state index in [9.17, 15) is 4.79 Å². The second-order valence-corrected chi connectivity index (χ2v) is 6.13. The van der Waals surface area contributed by atoms with Crippen molar-refractivity contribution in [2.75, 3.05) is 19.5 Å². The van der Waals surface area contributed by atoms with Crippen molar-refractivity contribution >= 4 is 17.2 Å². The van der Waals surface area contributed by atoms with Crippen LogP contribution in [0.2, 0.25) is 0 Å². The lowest BCUT2D eigenvalue weighted by molar-refractivity contribution is 0.102. The minimum absolute atomic E-state index is 0.285. The summed E-state index contributed by atoms with van der Waals surface area (Å²) in [5.41, 5.74) is 3.52. The Balaban J connectivity index is 1.71. The van der Waals surface area contributed by atoms with E-state index in [1.54, 1.807) is 18.2 Å². The molecule has 2 aromatic heterocycles. The number of ether oxygens (including phenoxy) is 2. The number of amides is 1. The highest BCUT2D eigenvalue weighted by Crippen LogP contribution is 2.32. The molecule has 0 saturated heterocycles. The average molecular weight is 373 g/mol. The zero-order valence-corrected chi connectivity index (χ0v) is 15.5. The first-order chi connectivity index (χ1) is 13.7. The second kappa shape index (κ2) is 7.44. The summed E-state index contributed by atoms with van der Waals surface area (Å²) >= 11 is 0. The highest BCUT2D eigenvalue weighted by molar-refractivity contribution is 6.08. The van der Waals surface area contributed by atoms with Gasteiger partial charge in [0, 0.05) is 18.0 Å². The monoisotopic (exact) mass is 373 g/mol. The van der Waals surface area contributed by atoms with Gasteiger partial charge >= 0.3 is 0 Å². The van der Waals surface area contributed by atoms with Crippen molar-refractivity contribution in [3.63, 3.8) is 0 Å². The molecule has 0 aliphatic rings. The van der Waals surface area contributed by atoms with E-state index in [4.69, 9.17) is 9.47 Å². The van der Waals surface area contributed by atoms with E-state index in [0.29, 0.717) is 22.7 Å². The number of benzene rings is 2. The molecular formula is C22H19N3O3. The zero-order chi connectivity index (χ0) is 19.5. The summed E-state index contributed by atoms with van der Waals surface area (Å²) in [7, 11) is 3.05. The van der Waals surface area contributed by atoms with Crippen LogP contribution < -0.4 is 14.8 Å². The number of imidazole rings is 1. The number of hydrogen-bond acceptors (Lipinski definition) is 4. The first-order valence-corrected chi connectivity index (χ1v) is 8.76. The first-order valence-electron chi connectivity index (χ1n) is 8.76. The fraction of sp³-hybridized carbons (Fsp3) is 0.0909. The Morgan fingerprint density at radius 3 is 2.57 bits per heavy atom. The molecule has 0 bridgehead atoms. The van der Waals surface area contributed by atoms with Crippen molar-refractivity contribution in [1.82, 2.24) is 9.38 Å². The number of nitrogens with one attached hydrogen (secondary N) is 1. The second-order valence-electron chi connectivity index (χ2n) is 6.13. The Bertz CT molecular complexity index is 1120. The maximum Gasteiger partial charge on any atom is 0.259 e. The number of methoxy groups -OCH3 is 2. The van der Waals surface area contributed by atoms with Crippen LogP contribution in [-0.4, -0.2) is 29.5 Å². The van der Waals surface area contributed by atoms with E-state index >= 15 is 0 Å². The number of para-hydroxylation sites is 2. The number of hydrogen-bond donors (Lipinski definition) is 1. The van der Waals surface area contributed by atoms with Crippen molar-refractivity contribution < 1.29 is 14.3 Å². The minimum atomic E-state index is -0.285. The summed E-state index contributed by atoms with van der Waals surface area (Å²) < 4.78 is 12.6. The van der Waals surface area contributed by atoms with Gasteiger partial charge in [0.15, 0.2) is 11.5 Å². The SMILES string of the molecule is COc1cccc(C(=O)Nc2ccccc2-c2cn3ccccc3n2)c1OC. The molecular weight excluding hydrogens is 354 g/mol. The van der Waals surface area contributed by atoms with Gasteiger partial charge in [0.25, 0.3) is 5.91 Å². The third-order valence-electron chi connectivity index (χ3n) is 4.46. The van der Waals surface area contributed by atoms with E-state index in [2.05, 4.69) is 10.3 Å². The normalized spacial score (nSPS) is 10.6. The smallest absolute Gasteiger partial charge is 0.259 e. The lowest BCUT2D eigenvalue weighted by atomic mass is 10.1. The summed E-state index contributed by atoms with van der Waals surface area (Å²) in [6.07, 6.45) is 3.88. The number of carbonyl (C=O) groups excluding carboxylic acids is 1. The van der Waals surface area contributed by atoms with Gasteiger partial charge in [-0.2, -0.15) is 0 Å². The highest BCUT2D eigenvalue weighted by Gasteiger charge is 2.18. The number of nitrogens with zero attached hydrogens (tertiary/aromatic N) is 2. The van der Waals surface area contributed by atoms with Crippen LogP contribution in [0.3, 0.4) is 0 Å². The molecule has 4 aromatic rings. The van der Waals surface area contributed by atoms with Gasteiger partial charge < -0.3 is 19.2 Å². The van der Waals surface area contributed by atoms with Crippen molar-refractivity contribution in [2.45, 2.75) is 0 Å². The molecule has 6 heteroatoms. The molecule has 0 radical (unpaired) electrons. The summed E-state index contributed by atoms with van der Waals surface area (Å²) in [6, 6.07) is 18.6. The quantitative estimate of drug-likeness (QED) is 0.567. The number of pyridine rings is 1. The number of carbonyl (C=O) groups is 1. The maximum atomic E-state index is 12.9. The van der Waals surface area contributed by atoms with E-state index in [1.807, 2.05) is 59.3 Å². The average Bonchev–Trinajstić information content (AvgIpc) is 3.17. The molecule has 0 unspecified atom stereocenters. The van der Waals surface area contributed by atoms with Crippen LogP contribution in [0.25, 0.3) is 16.9 Å². The van der Waals surface area contributed by atoms with Gasteiger partial charge in [-0.25, -0.2) is 4.98 Å². The Labute approximate surface area is 162 Å². The van der Waals surface area contributed by atoms with Crippen LogP contribution in [0.15, 0.2) is 73.1 Å². The minimum Gasteiger partial charge on any atom is -0.493 e. The third-order valence-corrected chi connectivity index (χ3v) is 4.46.